The smallest absolute Gasteiger partial charge is 0.186 e. The van der Waals surface area contributed by atoms with Crippen molar-refractivity contribution in [2.24, 2.45) is 0 Å². The van der Waals surface area contributed by atoms with Crippen LogP contribution >= 0.6 is 34.8 Å². The molecule has 0 bridgehead atoms. The number of nitrogens with zero attached hydrogens (tertiary/aromatic N) is 1. The molecule has 2 aromatic rings. The van der Waals surface area contributed by atoms with Crippen LogP contribution in [0.4, 0.5) is 0 Å². The largest absolute Gasteiger partial charge is 0.497 e. The average Bonchev–Trinajstić information content (AvgIpc) is 2.88. The number of rotatable bonds is 6. The standard InChI is InChI=1S/C24H20Cl3NO2/c1-3-4-5-7-16(25)12-18-14-19(30-2)15-22-24(23(29)10-11-28(18)22)20-13-17(26)8-6-9-21(20)27/h3-11,13-15,20H,1,12H2,2H3/b5-4-,16-7+. The van der Waals surface area contributed by atoms with Gasteiger partial charge in [-0.3, -0.25) is 4.79 Å². The Kier molecular flexibility index (Phi) is 7.43. The molecule has 1 atom stereocenters. The molecule has 0 radical (unpaired) electrons. The lowest BCUT2D eigenvalue weighted by Crippen LogP contribution is -2.16. The van der Waals surface area contributed by atoms with Gasteiger partial charge in [-0.15, -0.1) is 0 Å². The molecule has 154 valence electrons. The zero-order valence-corrected chi connectivity index (χ0v) is 18.6. The Bertz CT molecular complexity index is 1180. The highest BCUT2D eigenvalue weighted by molar-refractivity contribution is 6.33. The van der Waals surface area contributed by atoms with Crippen LogP contribution in [-0.4, -0.2) is 11.5 Å². The van der Waals surface area contributed by atoms with E-state index in [0.29, 0.717) is 38.3 Å². The van der Waals surface area contributed by atoms with Crippen molar-refractivity contribution in [3.05, 3.63) is 116 Å². The molecule has 0 aliphatic heterocycles. The van der Waals surface area contributed by atoms with Gasteiger partial charge in [0.15, 0.2) is 5.43 Å². The number of hydrogen-bond acceptors (Lipinski definition) is 2. The molecule has 0 aromatic carbocycles. The summed E-state index contributed by atoms with van der Waals surface area (Å²) in [4.78, 5) is 12.9. The minimum absolute atomic E-state index is 0.135. The molecule has 6 heteroatoms. The molecule has 1 aliphatic carbocycles. The Balaban J connectivity index is 2.23. The lowest BCUT2D eigenvalue weighted by molar-refractivity contribution is 0.414. The first-order valence-corrected chi connectivity index (χ1v) is 10.3. The van der Waals surface area contributed by atoms with E-state index in [1.807, 2.05) is 22.6 Å². The number of pyridine rings is 2. The van der Waals surface area contributed by atoms with Crippen LogP contribution in [0.2, 0.25) is 0 Å². The summed E-state index contributed by atoms with van der Waals surface area (Å²) in [6.07, 6.45) is 16.3. The van der Waals surface area contributed by atoms with E-state index in [1.165, 1.54) is 6.07 Å². The molecule has 0 amide bonds. The zero-order chi connectivity index (χ0) is 21.7. The van der Waals surface area contributed by atoms with Crippen molar-refractivity contribution >= 4 is 40.3 Å². The molecule has 3 nitrogen and oxygen atoms in total. The fourth-order valence-corrected chi connectivity index (χ4v) is 3.92. The summed E-state index contributed by atoms with van der Waals surface area (Å²) in [6, 6.07) is 5.24. The van der Waals surface area contributed by atoms with Crippen molar-refractivity contribution in [1.82, 2.24) is 4.40 Å². The number of fused-ring (bicyclic) bond motifs is 1. The normalized spacial score (nSPS) is 17.1. The maximum absolute atomic E-state index is 12.9. The number of ether oxygens (including phenoxy) is 1. The van der Waals surface area contributed by atoms with Gasteiger partial charge in [0.05, 0.1) is 12.6 Å². The zero-order valence-electron chi connectivity index (χ0n) is 16.3. The molecule has 0 fully saturated rings. The summed E-state index contributed by atoms with van der Waals surface area (Å²) < 4.78 is 7.42. The van der Waals surface area contributed by atoms with Gasteiger partial charge in [-0.05, 0) is 18.2 Å². The van der Waals surface area contributed by atoms with Crippen molar-refractivity contribution in [2.75, 3.05) is 7.11 Å². The number of aromatic nitrogens is 1. The molecule has 0 saturated carbocycles. The van der Waals surface area contributed by atoms with Crippen molar-refractivity contribution in [3.8, 4) is 5.75 Å². The summed E-state index contributed by atoms with van der Waals surface area (Å²) in [5.41, 5.74) is 1.93. The number of methoxy groups -OCH3 is 1. The fraction of sp³-hybridized carbons (Fsp3) is 0.125. The third-order valence-electron chi connectivity index (χ3n) is 4.63. The van der Waals surface area contributed by atoms with E-state index in [9.17, 15) is 4.79 Å². The molecule has 0 saturated heterocycles. The average molecular weight is 461 g/mol. The maximum Gasteiger partial charge on any atom is 0.186 e. The molecule has 2 aromatic heterocycles. The molecule has 30 heavy (non-hydrogen) atoms. The lowest BCUT2D eigenvalue weighted by atomic mass is 9.96. The number of hydrogen-bond donors (Lipinski definition) is 0. The SMILES string of the molecule is C=C/C=C\C=C(\Cl)Cc1cc(OC)cc2c(C3C=C(Cl)C=CC=C3Cl)c(=O)ccn12. The molecule has 2 heterocycles. The van der Waals surface area contributed by atoms with Gasteiger partial charge in [0.25, 0.3) is 0 Å². The number of allylic oxidation sites excluding steroid dienone is 11. The predicted molar refractivity (Wildman–Crippen MR) is 127 cm³/mol. The van der Waals surface area contributed by atoms with Gasteiger partial charge in [0.1, 0.15) is 5.75 Å². The van der Waals surface area contributed by atoms with Gasteiger partial charge >= 0.3 is 0 Å². The van der Waals surface area contributed by atoms with Crippen LogP contribution in [0.15, 0.2) is 99.5 Å². The monoisotopic (exact) mass is 459 g/mol. The maximum atomic E-state index is 12.9. The third kappa shape index (κ3) is 4.99. The Morgan fingerprint density at radius 3 is 2.83 bits per heavy atom. The summed E-state index contributed by atoms with van der Waals surface area (Å²) in [7, 11) is 1.58. The highest BCUT2D eigenvalue weighted by Gasteiger charge is 2.22. The van der Waals surface area contributed by atoms with Crippen molar-refractivity contribution in [3.63, 3.8) is 0 Å². The van der Waals surface area contributed by atoms with Crippen LogP contribution in [0, 0.1) is 0 Å². The van der Waals surface area contributed by atoms with Crippen LogP contribution < -0.4 is 10.2 Å². The molecule has 3 rings (SSSR count). The van der Waals surface area contributed by atoms with Crippen LogP contribution in [0.25, 0.3) is 5.52 Å². The molecule has 1 aliphatic rings. The second-order valence-electron chi connectivity index (χ2n) is 6.59. The van der Waals surface area contributed by atoms with Crippen LogP contribution in [0.5, 0.6) is 5.75 Å². The first-order valence-electron chi connectivity index (χ1n) is 9.21. The van der Waals surface area contributed by atoms with Crippen LogP contribution in [-0.2, 0) is 6.42 Å². The third-order valence-corrected chi connectivity index (χ3v) is 5.50. The first-order chi connectivity index (χ1) is 14.4. The van der Waals surface area contributed by atoms with E-state index in [0.717, 1.165) is 5.69 Å². The van der Waals surface area contributed by atoms with E-state index in [1.54, 1.807) is 55.8 Å². The second kappa shape index (κ2) is 10.0. The van der Waals surface area contributed by atoms with Gasteiger partial charge in [0.2, 0.25) is 0 Å². The number of halogens is 3. The molecular weight excluding hydrogens is 441 g/mol. The second-order valence-corrected chi connectivity index (χ2v) is 7.94. The summed E-state index contributed by atoms with van der Waals surface area (Å²) in [5.74, 6) is 0.143. The summed E-state index contributed by atoms with van der Waals surface area (Å²) >= 11 is 19.2. The van der Waals surface area contributed by atoms with Crippen LogP contribution in [0.1, 0.15) is 17.2 Å². The molecule has 0 N–H and O–H groups in total. The lowest BCUT2D eigenvalue weighted by Gasteiger charge is -2.18. The minimum atomic E-state index is -0.473. The highest BCUT2D eigenvalue weighted by Crippen LogP contribution is 2.34. The van der Waals surface area contributed by atoms with Crippen molar-refractivity contribution in [2.45, 2.75) is 12.3 Å². The topological polar surface area (TPSA) is 30.7 Å². The summed E-state index contributed by atoms with van der Waals surface area (Å²) in [5, 5.41) is 1.64. The van der Waals surface area contributed by atoms with Gasteiger partial charge < -0.3 is 9.14 Å². The minimum Gasteiger partial charge on any atom is -0.497 e. The quantitative estimate of drug-likeness (QED) is 0.454. The fourth-order valence-electron chi connectivity index (χ4n) is 3.26. The van der Waals surface area contributed by atoms with E-state index in [-0.39, 0.29) is 5.43 Å². The van der Waals surface area contributed by atoms with E-state index in [4.69, 9.17) is 39.5 Å². The predicted octanol–water partition coefficient (Wildman–Crippen LogP) is 6.61. The van der Waals surface area contributed by atoms with Gasteiger partial charge in [0, 0.05) is 63.1 Å². The Labute approximate surface area is 190 Å². The van der Waals surface area contributed by atoms with Gasteiger partial charge in [-0.25, -0.2) is 0 Å². The highest BCUT2D eigenvalue weighted by atomic mass is 35.5. The van der Waals surface area contributed by atoms with Gasteiger partial charge in [-0.2, -0.15) is 0 Å². The van der Waals surface area contributed by atoms with E-state index >= 15 is 0 Å². The molecule has 0 spiro atoms. The van der Waals surface area contributed by atoms with Crippen LogP contribution in [0.3, 0.4) is 0 Å². The van der Waals surface area contributed by atoms with E-state index < -0.39 is 5.92 Å². The summed E-state index contributed by atoms with van der Waals surface area (Å²) in [6.45, 7) is 3.64. The molecule has 1 unspecified atom stereocenters. The Morgan fingerprint density at radius 2 is 2.10 bits per heavy atom. The van der Waals surface area contributed by atoms with Gasteiger partial charge in [-0.1, -0.05) is 71.8 Å². The van der Waals surface area contributed by atoms with Crippen molar-refractivity contribution in [1.29, 1.82) is 0 Å². The Morgan fingerprint density at radius 1 is 1.30 bits per heavy atom. The van der Waals surface area contributed by atoms with Crippen molar-refractivity contribution < 1.29 is 4.74 Å². The van der Waals surface area contributed by atoms with E-state index in [2.05, 4.69) is 6.58 Å². The first kappa shape index (κ1) is 22.2. The molecular formula is C24H20Cl3NO2. The Hall–Kier alpha value is -2.46.